The molecule has 0 spiro atoms. The first kappa shape index (κ1) is 22.5. The number of ether oxygens (including phenoxy) is 1. The van der Waals surface area contributed by atoms with E-state index in [0.717, 1.165) is 55.1 Å². The van der Waals surface area contributed by atoms with Gasteiger partial charge in [-0.15, -0.1) is 11.3 Å². The van der Waals surface area contributed by atoms with E-state index < -0.39 is 11.9 Å². The van der Waals surface area contributed by atoms with Crippen molar-refractivity contribution in [3.63, 3.8) is 0 Å². The molecular weight excluding hydrogens is 415 g/mol. The lowest BCUT2D eigenvalue weighted by Gasteiger charge is -2.26. The second kappa shape index (κ2) is 10.7. The second-order valence-electron chi connectivity index (χ2n) is 6.93. The molecule has 0 unspecified atom stereocenters. The molecule has 2 heterocycles. The summed E-state index contributed by atoms with van der Waals surface area (Å²) >= 11 is 1.02. The molecule has 164 valence electrons. The van der Waals surface area contributed by atoms with Gasteiger partial charge in [-0.2, -0.15) is 13.2 Å². The molecule has 1 aliphatic heterocycles. The molecule has 0 saturated carbocycles. The minimum atomic E-state index is -4.39. The van der Waals surface area contributed by atoms with Gasteiger partial charge in [0.05, 0.1) is 18.2 Å². The number of benzene rings is 1. The first-order valence-electron chi connectivity index (χ1n) is 9.78. The van der Waals surface area contributed by atoms with E-state index in [4.69, 9.17) is 4.74 Å². The normalized spacial score (nSPS) is 15.9. The summed E-state index contributed by atoms with van der Waals surface area (Å²) < 4.78 is 43.2. The Kier molecular flexibility index (Phi) is 8.06. The molecule has 6 nitrogen and oxygen atoms in total. The first-order chi connectivity index (χ1) is 14.4. The summed E-state index contributed by atoms with van der Waals surface area (Å²) in [5.74, 6) is 0.597. The lowest BCUT2D eigenvalue weighted by Crippen LogP contribution is -2.37. The van der Waals surface area contributed by atoms with Crippen molar-refractivity contribution in [3.05, 3.63) is 51.5 Å². The molecule has 1 aliphatic rings. The fourth-order valence-corrected chi connectivity index (χ4v) is 3.84. The van der Waals surface area contributed by atoms with Crippen LogP contribution in [0.4, 0.5) is 13.2 Å². The maximum atomic E-state index is 12.6. The monoisotopic (exact) mass is 441 g/mol. The third-order valence-corrected chi connectivity index (χ3v) is 5.60. The summed E-state index contributed by atoms with van der Waals surface area (Å²) in [4.78, 5) is 10.2. The number of alkyl halides is 3. The van der Waals surface area contributed by atoms with E-state index in [9.17, 15) is 13.2 Å². The molecule has 0 aliphatic carbocycles. The van der Waals surface area contributed by atoms with Crippen LogP contribution in [0.5, 0.6) is 0 Å². The van der Waals surface area contributed by atoms with Crippen LogP contribution in [0.1, 0.15) is 21.8 Å². The Morgan fingerprint density at radius 3 is 2.50 bits per heavy atom. The first-order valence-corrected chi connectivity index (χ1v) is 10.7. The molecule has 1 aromatic heterocycles. The van der Waals surface area contributed by atoms with E-state index in [-0.39, 0.29) is 0 Å². The van der Waals surface area contributed by atoms with Crippen molar-refractivity contribution in [3.8, 4) is 0 Å². The number of nitrogens with zero attached hydrogens (tertiary/aromatic N) is 3. The Bertz CT molecular complexity index is 817. The van der Waals surface area contributed by atoms with Crippen molar-refractivity contribution in [2.75, 3.05) is 39.9 Å². The van der Waals surface area contributed by atoms with Crippen LogP contribution in [0.3, 0.4) is 0 Å². The molecule has 1 aromatic carbocycles. The maximum Gasteiger partial charge on any atom is 0.434 e. The minimum Gasteiger partial charge on any atom is -0.379 e. The average Bonchev–Trinajstić information content (AvgIpc) is 3.22. The van der Waals surface area contributed by atoms with Crippen LogP contribution in [-0.2, 0) is 30.4 Å². The van der Waals surface area contributed by atoms with Crippen molar-refractivity contribution in [1.82, 2.24) is 20.5 Å². The number of nitrogens with one attached hydrogen (secondary N) is 2. The summed E-state index contributed by atoms with van der Waals surface area (Å²) in [6, 6.07) is 8.43. The average molecular weight is 442 g/mol. The zero-order valence-electron chi connectivity index (χ0n) is 16.8. The zero-order chi connectivity index (χ0) is 21.4. The zero-order valence-corrected chi connectivity index (χ0v) is 17.7. The highest BCUT2D eigenvalue weighted by Gasteiger charge is 2.33. The smallest absolute Gasteiger partial charge is 0.379 e. The lowest BCUT2D eigenvalue weighted by atomic mass is 10.1. The van der Waals surface area contributed by atoms with E-state index in [2.05, 4.69) is 49.8 Å². The third kappa shape index (κ3) is 6.96. The van der Waals surface area contributed by atoms with Crippen LogP contribution in [0, 0.1) is 0 Å². The number of thiazole rings is 1. The van der Waals surface area contributed by atoms with Gasteiger partial charge >= 0.3 is 6.18 Å². The Morgan fingerprint density at radius 1 is 1.17 bits per heavy atom. The van der Waals surface area contributed by atoms with E-state index in [0.29, 0.717) is 30.5 Å². The van der Waals surface area contributed by atoms with Crippen LogP contribution in [0.25, 0.3) is 0 Å². The van der Waals surface area contributed by atoms with Gasteiger partial charge in [0.1, 0.15) is 0 Å². The summed E-state index contributed by atoms with van der Waals surface area (Å²) in [7, 11) is 1.66. The molecule has 0 bridgehead atoms. The number of morpholine rings is 1. The van der Waals surface area contributed by atoms with Gasteiger partial charge in [-0.05, 0) is 11.1 Å². The Morgan fingerprint density at radius 2 is 1.87 bits per heavy atom. The van der Waals surface area contributed by atoms with Crippen molar-refractivity contribution in [2.45, 2.75) is 25.7 Å². The van der Waals surface area contributed by atoms with Gasteiger partial charge in [-0.3, -0.25) is 9.89 Å². The molecular formula is C20H26F3N5OS. The maximum absolute atomic E-state index is 12.6. The fraction of sp³-hybridized carbons (Fsp3) is 0.500. The van der Waals surface area contributed by atoms with Crippen LogP contribution < -0.4 is 10.6 Å². The summed E-state index contributed by atoms with van der Waals surface area (Å²) in [6.45, 7) is 5.48. The third-order valence-electron chi connectivity index (χ3n) is 4.69. The summed E-state index contributed by atoms with van der Waals surface area (Å²) in [6.07, 6.45) is -3.99. The predicted octanol–water partition coefficient (Wildman–Crippen LogP) is 2.90. The standard InChI is InChI=1S/C20H26F3N5OS/c1-24-19(25-7-6-18-27-17(14-30-18)20(21,22)23)26-12-15-2-4-16(5-3-15)13-28-8-10-29-11-9-28/h2-5,14H,6-13H2,1H3,(H2,24,25,26). The molecule has 0 radical (unpaired) electrons. The lowest BCUT2D eigenvalue weighted by molar-refractivity contribution is -0.140. The van der Waals surface area contributed by atoms with E-state index in [1.165, 1.54) is 5.56 Å². The molecule has 30 heavy (non-hydrogen) atoms. The molecule has 3 rings (SSSR count). The van der Waals surface area contributed by atoms with Gasteiger partial charge in [0.2, 0.25) is 0 Å². The summed E-state index contributed by atoms with van der Waals surface area (Å²) in [5, 5.41) is 7.82. The molecule has 1 fully saturated rings. The largest absolute Gasteiger partial charge is 0.434 e. The summed E-state index contributed by atoms with van der Waals surface area (Å²) in [5.41, 5.74) is 1.56. The molecule has 2 N–H and O–H groups in total. The topological polar surface area (TPSA) is 61.8 Å². The number of rotatable bonds is 7. The quantitative estimate of drug-likeness (QED) is 0.511. The van der Waals surface area contributed by atoms with Gasteiger partial charge in [-0.1, -0.05) is 24.3 Å². The number of aliphatic imine (C=N–C) groups is 1. The van der Waals surface area contributed by atoms with Crippen LogP contribution in [0.15, 0.2) is 34.6 Å². The highest BCUT2D eigenvalue weighted by Crippen LogP contribution is 2.30. The molecule has 0 atom stereocenters. The van der Waals surface area contributed by atoms with Crippen LogP contribution in [0.2, 0.25) is 0 Å². The van der Waals surface area contributed by atoms with Crippen molar-refractivity contribution in [1.29, 1.82) is 0 Å². The fourth-order valence-electron chi connectivity index (χ4n) is 3.03. The molecule has 2 aromatic rings. The number of aromatic nitrogens is 1. The van der Waals surface area contributed by atoms with E-state index in [1.807, 2.05) is 0 Å². The number of halogens is 3. The van der Waals surface area contributed by atoms with Gasteiger partial charge in [-0.25, -0.2) is 4.98 Å². The minimum absolute atomic E-state index is 0.400. The van der Waals surface area contributed by atoms with Gasteiger partial charge in [0, 0.05) is 51.6 Å². The second-order valence-corrected chi connectivity index (χ2v) is 7.87. The van der Waals surface area contributed by atoms with Crippen molar-refractivity contribution < 1.29 is 17.9 Å². The number of hydrogen-bond donors (Lipinski definition) is 2. The van der Waals surface area contributed by atoms with Crippen LogP contribution in [-0.4, -0.2) is 55.7 Å². The Labute approximate surface area is 178 Å². The highest BCUT2D eigenvalue weighted by molar-refractivity contribution is 7.09. The van der Waals surface area contributed by atoms with E-state index in [1.54, 1.807) is 7.05 Å². The van der Waals surface area contributed by atoms with Crippen LogP contribution >= 0.6 is 11.3 Å². The molecule has 10 heteroatoms. The molecule has 1 saturated heterocycles. The van der Waals surface area contributed by atoms with Gasteiger partial charge < -0.3 is 15.4 Å². The van der Waals surface area contributed by atoms with Crippen molar-refractivity contribution in [2.24, 2.45) is 4.99 Å². The Balaban J connectivity index is 1.40. The van der Waals surface area contributed by atoms with Gasteiger partial charge in [0.25, 0.3) is 0 Å². The van der Waals surface area contributed by atoms with Gasteiger partial charge in [0.15, 0.2) is 11.7 Å². The number of guanidine groups is 1. The Hall–Kier alpha value is -2.17. The van der Waals surface area contributed by atoms with E-state index >= 15 is 0 Å². The molecule has 0 amide bonds. The highest BCUT2D eigenvalue weighted by atomic mass is 32.1. The van der Waals surface area contributed by atoms with Crippen molar-refractivity contribution >= 4 is 17.3 Å². The number of hydrogen-bond acceptors (Lipinski definition) is 5. The predicted molar refractivity (Wildman–Crippen MR) is 112 cm³/mol. The SMILES string of the molecule is CN=C(NCCc1nc(C(F)(F)F)cs1)NCc1ccc(CN2CCOCC2)cc1.